The van der Waals surface area contributed by atoms with Crippen molar-refractivity contribution in [2.75, 3.05) is 0 Å². The van der Waals surface area contributed by atoms with E-state index in [4.69, 9.17) is 13.9 Å². The van der Waals surface area contributed by atoms with Crippen LogP contribution < -0.4 is 0 Å². The van der Waals surface area contributed by atoms with Crippen LogP contribution in [0.4, 0.5) is 0 Å². The van der Waals surface area contributed by atoms with Crippen LogP contribution in [0.3, 0.4) is 0 Å². The maximum Gasteiger partial charge on any atom is 0.309 e. The van der Waals surface area contributed by atoms with E-state index in [1.165, 1.54) is 0 Å². The van der Waals surface area contributed by atoms with Gasteiger partial charge in [-0.05, 0) is 22.2 Å². The second kappa shape index (κ2) is 13.3. The average molecular weight is 491 g/mol. The third kappa shape index (κ3) is 7.85. The minimum absolute atomic E-state index is 0.00901. The molecule has 0 radical (unpaired) electrons. The summed E-state index contributed by atoms with van der Waals surface area (Å²) < 4.78 is 18.0. The molecule has 7 heteroatoms. The van der Waals surface area contributed by atoms with Crippen molar-refractivity contribution in [1.29, 1.82) is 0 Å². The highest BCUT2D eigenvalue weighted by Crippen LogP contribution is 2.43. The molecule has 3 atom stereocenters. The highest BCUT2D eigenvalue weighted by Gasteiger charge is 2.46. The highest BCUT2D eigenvalue weighted by molar-refractivity contribution is 6.77. The van der Waals surface area contributed by atoms with Crippen LogP contribution in [0.15, 0.2) is 30.3 Å². The van der Waals surface area contributed by atoms with Gasteiger partial charge in [-0.25, -0.2) is 0 Å². The number of carbonyl (C=O) groups is 3. The largest absolute Gasteiger partial charge is 0.462 e. The molecule has 34 heavy (non-hydrogen) atoms. The molecule has 0 aromatic heterocycles. The van der Waals surface area contributed by atoms with Crippen LogP contribution in [0.25, 0.3) is 0 Å². The van der Waals surface area contributed by atoms with Gasteiger partial charge in [0, 0.05) is 25.7 Å². The monoisotopic (exact) mass is 490 g/mol. The summed E-state index contributed by atoms with van der Waals surface area (Å²) in [5.41, 5.74) is 2.13. The Balaban J connectivity index is 2.06. The fraction of sp³-hybridized carbons (Fsp3) is 0.667. The van der Waals surface area contributed by atoms with E-state index < -0.39 is 14.4 Å². The summed E-state index contributed by atoms with van der Waals surface area (Å²) in [6, 6.07) is 9.79. The number of ether oxygens (including phenoxy) is 2. The molecule has 0 saturated carbocycles. The van der Waals surface area contributed by atoms with Crippen LogP contribution in [-0.2, 0) is 34.9 Å². The second-order valence-electron chi connectivity index (χ2n) is 10.4. The van der Waals surface area contributed by atoms with E-state index in [-0.39, 0.29) is 43.2 Å². The molecule has 0 aliphatic carbocycles. The molecule has 0 N–H and O–H groups in total. The van der Waals surface area contributed by atoms with Crippen molar-refractivity contribution in [3.63, 3.8) is 0 Å². The quantitative estimate of drug-likeness (QED) is 0.166. The molecule has 2 rings (SSSR count). The number of cyclic esters (lactones) is 1. The Morgan fingerprint density at radius 1 is 1.03 bits per heavy atom. The molecule has 1 aliphatic heterocycles. The Kier molecular flexibility index (Phi) is 11.1. The topological polar surface area (TPSA) is 78.9 Å². The van der Waals surface area contributed by atoms with Crippen molar-refractivity contribution in [3.05, 3.63) is 35.9 Å². The first-order valence-electron chi connectivity index (χ1n) is 12.6. The predicted molar refractivity (Wildman–Crippen MR) is 135 cm³/mol. The van der Waals surface area contributed by atoms with Gasteiger partial charge in [-0.3, -0.25) is 9.59 Å². The van der Waals surface area contributed by atoms with Gasteiger partial charge in [0.15, 0.2) is 0 Å². The first kappa shape index (κ1) is 28.4. The number of carbonyl (C=O) groups excluding carboxylic acids is 3. The van der Waals surface area contributed by atoms with Crippen LogP contribution in [0, 0.1) is 0 Å². The lowest BCUT2D eigenvalue weighted by atomic mass is 9.98. The molecule has 1 heterocycles. The SMILES string of the molecule is CC(C)[Si](O[C@@H](CC=O)CC(=O)C[C@@H](C[C@@H]1CC(=O)O1)OCc1ccccc1)(C(C)C)C(C)C. The average Bonchev–Trinajstić information content (AvgIpc) is 2.74. The summed E-state index contributed by atoms with van der Waals surface area (Å²) >= 11 is 0. The van der Waals surface area contributed by atoms with Gasteiger partial charge in [-0.15, -0.1) is 0 Å². The summed E-state index contributed by atoms with van der Waals surface area (Å²) in [5.74, 6) is -0.204. The fourth-order valence-electron chi connectivity index (χ4n) is 5.35. The Bertz CT molecular complexity index is 762. The zero-order chi connectivity index (χ0) is 25.3. The summed E-state index contributed by atoms with van der Waals surface area (Å²) in [6.07, 6.45) is 1.34. The molecule has 1 aromatic carbocycles. The van der Waals surface area contributed by atoms with Gasteiger partial charge in [0.1, 0.15) is 18.2 Å². The molecule has 6 nitrogen and oxygen atoms in total. The minimum Gasteiger partial charge on any atom is -0.462 e. The molecule has 1 aromatic rings. The zero-order valence-electron chi connectivity index (χ0n) is 21.6. The van der Waals surface area contributed by atoms with E-state index in [1.807, 2.05) is 30.3 Å². The molecular weight excluding hydrogens is 448 g/mol. The van der Waals surface area contributed by atoms with E-state index in [9.17, 15) is 14.4 Å². The Labute approximate surface area is 205 Å². The molecule has 0 amide bonds. The smallest absolute Gasteiger partial charge is 0.309 e. The van der Waals surface area contributed by atoms with Gasteiger partial charge in [-0.1, -0.05) is 71.9 Å². The lowest BCUT2D eigenvalue weighted by molar-refractivity contribution is -0.173. The van der Waals surface area contributed by atoms with E-state index in [0.717, 1.165) is 11.8 Å². The summed E-state index contributed by atoms with van der Waals surface area (Å²) in [6.45, 7) is 13.5. The van der Waals surface area contributed by atoms with Gasteiger partial charge in [0.05, 0.1) is 25.2 Å². The van der Waals surface area contributed by atoms with Crippen molar-refractivity contribution < 1.29 is 28.3 Å². The number of rotatable bonds is 16. The fourth-order valence-corrected chi connectivity index (χ4v) is 10.9. The van der Waals surface area contributed by atoms with E-state index in [1.54, 1.807) is 0 Å². The molecule has 190 valence electrons. The van der Waals surface area contributed by atoms with Gasteiger partial charge in [-0.2, -0.15) is 0 Å². The van der Waals surface area contributed by atoms with Crippen LogP contribution in [0.2, 0.25) is 16.6 Å². The first-order valence-corrected chi connectivity index (χ1v) is 14.7. The number of benzene rings is 1. The second-order valence-corrected chi connectivity index (χ2v) is 15.8. The van der Waals surface area contributed by atoms with E-state index >= 15 is 0 Å². The third-order valence-electron chi connectivity index (χ3n) is 6.89. The van der Waals surface area contributed by atoms with Crippen LogP contribution in [0.5, 0.6) is 0 Å². The highest BCUT2D eigenvalue weighted by atomic mass is 28.4. The number of ketones is 1. The number of hydrogen-bond donors (Lipinski definition) is 0. The summed E-state index contributed by atoms with van der Waals surface area (Å²) in [4.78, 5) is 35.8. The molecule has 0 spiro atoms. The number of Topliss-reactive ketones (excluding diaryl/α,β-unsaturated/α-hetero) is 1. The molecule has 0 unspecified atom stereocenters. The zero-order valence-corrected chi connectivity index (χ0v) is 22.6. The Hall–Kier alpha value is -1.83. The van der Waals surface area contributed by atoms with Crippen molar-refractivity contribution in [1.82, 2.24) is 0 Å². The Morgan fingerprint density at radius 3 is 2.09 bits per heavy atom. The van der Waals surface area contributed by atoms with Gasteiger partial charge >= 0.3 is 5.97 Å². The van der Waals surface area contributed by atoms with Gasteiger partial charge in [0.25, 0.3) is 0 Å². The van der Waals surface area contributed by atoms with Crippen molar-refractivity contribution in [3.8, 4) is 0 Å². The summed E-state index contributed by atoms with van der Waals surface area (Å²) in [7, 11) is -2.22. The summed E-state index contributed by atoms with van der Waals surface area (Å²) in [5, 5.41) is 0. The standard InChI is InChI=1S/C27H42O6Si/c1-19(2)34(20(3)4,21(5)6)33-24(12-13-28)14-23(29)15-25(16-26-17-27(30)32-26)31-18-22-10-8-7-9-11-22/h7-11,13,19-21,24-26H,12,14-18H2,1-6H3/t24-,25-,26+/m0/s1. The van der Waals surface area contributed by atoms with Crippen molar-refractivity contribution >= 4 is 26.4 Å². The van der Waals surface area contributed by atoms with Crippen LogP contribution in [-0.4, -0.2) is 44.7 Å². The van der Waals surface area contributed by atoms with E-state index in [0.29, 0.717) is 36.1 Å². The molecular formula is C27H42O6Si. The lowest BCUT2D eigenvalue weighted by Gasteiger charge is -2.44. The molecule has 1 aliphatic rings. The normalized spacial score (nSPS) is 18.0. The van der Waals surface area contributed by atoms with Gasteiger partial charge in [0.2, 0.25) is 8.32 Å². The predicted octanol–water partition coefficient (Wildman–Crippen LogP) is 5.78. The molecule has 1 saturated heterocycles. The maximum atomic E-state index is 13.1. The number of hydrogen-bond acceptors (Lipinski definition) is 6. The molecule has 1 fully saturated rings. The Morgan fingerprint density at radius 2 is 1.59 bits per heavy atom. The minimum atomic E-state index is -2.22. The van der Waals surface area contributed by atoms with E-state index in [2.05, 4.69) is 41.5 Å². The van der Waals surface area contributed by atoms with Gasteiger partial charge < -0.3 is 18.7 Å². The van der Waals surface area contributed by atoms with Crippen molar-refractivity contribution in [2.45, 2.75) is 115 Å². The lowest BCUT2D eigenvalue weighted by Crippen LogP contribution is -2.50. The third-order valence-corrected chi connectivity index (χ3v) is 13.1. The molecule has 0 bridgehead atoms. The van der Waals surface area contributed by atoms with Crippen LogP contribution >= 0.6 is 0 Å². The first-order chi connectivity index (χ1) is 16.1. The maximum absolute atomic E-state index is 13.1. The number of esters is 1. The number of aldehydes is 1. The van der Waals surface area contributed by atoms with Crippen molar-refractivity contribution in [2.24, 2.45) is 0 Å². The van der Waals surface area contributed by atoms with Crippen LogP contribution in [0.1, 0.15) is 79.2 Å².